The molecule has 4 rings (SSSR count). The third kappa shape index (κ3) is 7.97. The molecule has 39 heavy (non-hydrogen) atoms. The average Bonchev–Trinajstić information content (AvgIpc) is 2.96. The van der Waals surface area contributed by atoms with Crippen molar-refractivity contribution in [2.75, 3.05) is 30.3 Å². The van der Waals surface area contributed by atoms with Crippen LogP contribution in [0, 0.1) is 28.9 Å². The molecule has 0 bridgehead atoms. The smallest absolute Gasteiger partial charge is 0.329 e. The minimum Gasteiger partial charge on any atom is -0.364 e. The van der Waals surface area contributed by atoms with Gasteiger partial charge in [0, 0.05) is 25.2 Å². The normalized spacial score (nSPS) is 16.9. The Balaban J connectivity index is 1.32. The largest absolute Gasteiger partial charge is 0.364 e. The lowest BCUT2D eigenvalue weighted by Crippen LogP contribution is -2.26. The number of amides is 1. The number of carbonyl (C=O) groups excluding carboxylic acids is 1. The molecule has 0 radical (unpaired) electrons. The van der Waals surface area contributed by atoms with Crippen LogP contribution in [0.1, 0.15) is 52.7 Å². The fourth-order valence-electron chi connectivity index (χ4n) is 4.94. The number of nitro groups is 1. The van der Waals surface area contributed by atoms with Crippen LogP contribution in [-0.4, -0.2) is 40.4 Å². The van der Waals surface area contributed by atoms with E-state index in [2.05, 4.69) is 45.0 Å². The fourth-order valence-corrected chi connectivity index (χ4v) is 4.94. The highest BCUT2D eigenvalue weighted by Gasteiger charge is 2.22. The van der Waals surface area contributed by atoms with Gasteiger partial charge in [0.15, 0.2) is 0 Å². The monoisotopic (exact) mass is 531 g/mol. The molecule has 206 valence electrons. The number of nitrogens with two attached hydrogens (primary N) is 1. The summed E-state index contributed by atoms with van der Waals surface area (Å²) in [5, 5.41) is 20.8. The molecule has 1 fully saturated rings. The van der Waals surface area contributed by atoms with Gasteiger partial charge in [-0.2, -0.15) is 4.98 Å². The summed E-state index contributed by atoms with van der Waals surface area (Å²) in [5.74, 6) is 1.37. The van der Waals surface area contributed by atoms with Gasteiger partial charge >= 0.3 is 5.69 Å². The second kappa shape index (κ2) is 13.7. The Hall–Kier alpha value is -4.05. The van der Waals surface area contributed by atoms with Crippen LogP contribution in [-0.2, 0) is 13.0 Å². The molecule has 0 atom stereocenters. The highest BCUT2D eigenvalue weighted by molar-refractivity contribution is 5.94. The van der Waals surface area contributed by atoms with Gasteiger partial charge < -0.3 is 21.7 Å². The first kappa shape index (κ1) is 28.0. The zero-order valence-corrected chi connectivity index (χ0v) is 22.4. The van der Waals surface area contributed by atoms with Crippen LogP contribution < -0.4 is 21.7 Å². The number of aromatic nitrogens is 2. The quantitative estimate of drug-likeness (QED) is 0.198. The van der Waals surface area contributed by atoms with Crippen molar-refractivity contribution >= 4 is 23.4 Å². The highest BCUT2D eigenvalue weighted by Crippen LogP contribution is 2.29. The van der Waals surface area contributed by atoms with Crippen molar-refractivity contribution in [3.63, 3.8) is 0 Å². The Labute approximate surface area is 229 Å². The first-order valence-corrected chi connectivity index (χ1v) is 13.5. The minimum atomic E-state index is -0.474. The van der Waals surface area contributed by atoms with E-state index in [1.165, 1.54) is 17.3 Å². The summed E-state index contributed by atoms with van der Waals surface area (Å²) in [5.41, 5.74) is 9.49. The molecule has 10 heteroatoms. The van der Waals surface area contributed by atoms with E-state index >= 15 is 0 Å². The molecule has 3 aromatic rings. The van der Waals surface area contributed by atoms with Gasteiger partial charge in [-0.25, -0.2) is 4.98 Å². The summed E-state index contributed by atoms with van der Waals surface area (Å²) >= 11 is 0. The van der Waals surface area contributed by atoms with Crippen molar-refractivity contribution in [2.45, 2.75) is 45.6 Å². The molecule has 1 aliphatic carbocycles. The van der Waals surface area contributed by atoms with Crippen LogP contribution in [0.2, 0.25) is 0 Å². The van der Waals surface area contributed by atoms with Crippen LogP contribution in [0.15, 0.2) is 54.7 Å². The van der Waals surface area contributed by atoms with Gasteiger partial charge in [0.2, 0.25) is 11.8 Å². The van der Waals surface area contributed by atoms with Crippen LogP contribution in [0.3, 0.4) is 0 Å². The van der Waals surface area contributed by atoms with Crippen molar-refractivity contribution in [2.24, 2.45) is 17.6 Å². The first-order chi connectivity index (χ1) is 18.9. The number of hydrogen-bond acceptors (Lipinski definition) is 8. The topological polar surface area (TPSA) is 148 Å². The second-order valence-electron chi connectivity index (χ2n) is 10.2. The molecular formula is C29H37N7O3. The Kier molecular flexibility index (Phi) is 9.80. The molecule has 2 aromatic carbocycles. The van der Waals surface area contributed by atoms with Crippen LogP contribution in [0.4, 0.5) is 17.5 Å². The minimum absolute atomic E-state index is 0.135. The predicted molar refractivity (Wildman–Crippen MR) is 153 cm³/mol. The number of hydrogen-bond donors (Lipinski definition) is 4. The van der Waals surface area contributed by atoms with Crippen LogP contribution >= 0.6 is 0 Å². The van der Waals surface area contributed by atoms with E-state index in [0.29, 0.717) is 43.6 Å². The van der Waals surface area contributed by atoms with E-state index in [4.69, 9.17) is 5.73 Å². The zero-order chi connectivity index (χ0) is 27.6. The van der Waals surface area contributed by atoms with E-state index in [1.807, 2.05) is 30.3 Å². The maximum atomic E-state index is 12.7. The van der Waals surface area contributed by atoms with E-state index in [-0.39, 0.29) is 23.4 Å². The molecule has 0 saturated heterocycles. The lowest BCUT2D eigenvalue weighted by Gasteiger charge is -2.27. The van der Waals surface area contributed by atoms with Crippen molar-refractivity contribution < 1.29 is 9.72 Å². The van der Waals surface area contributed by atoms with E-state index < -0.39 is 4.92 Å². The number of benzene rings is 2. The van der Waals surface area contributed by atoms with Gasteiger partial charge in [-0.1, -0.05) is 36.4 Å². The second-order valence-corrected chi connectivity index (χ2v) is 10.2. The van der Waals surface area contributed by atoms with Crippen molar-refractivity contribution in [3.05, 3.63) is 87.1 Å². The summed E-state index contributed by atoms with van der Waals surface area (Å²) in [6.45, 7) is 4.32. The highest BCUT2D eigenvalue weighted by atomic mass is 16.6. The lowest BCUT2D eigenvalue weighted by atomic mass is 9.82. The summed E-state index contributed by atoms with van der Waals surface area (Å²) in [4.78, 5) is 32.3. The molecule has 1 saturated carbocycles. The predicted octanol–water partition coefficient (Wildman–Crippen LogP) is 4.45. The average molecular weight is 532 g/mol. The Bertz CT molecular complexity index is 1280. The molecule has 1 heterocycles. The van der Waals surface area contributed by atoms with Crippen LogP contribution in [0.5, 0.6) is 0 Å². The van der Waals surface area contributed by atoms with Gasteiger partial charge in [-0.05, 0) is 86.2 Å². The maximum Gasteiger partial charge on any atom is 0.329 e. The third-order valence-electron chi connectivity index (χ3n) is 7.40. The van der Waals surface area contributed by atoms with Gasteiger partial charge in [-0.15, -0.1) is 0 Å². The molecular weight excluding hydrogens is 494 g/mol. The fraction of sp³-hybridized carbons (Fsp3) is 0.414. The SMILES string of the molecule is Cc1ccccc1CCNC(=O)c1cccc(CNc2ncc([N+](=O)[O-])c(NCC3CCC(CN)CC3)n2)c1. The van der Waals surface area contributed by atoms with Gasteiger partial charge in [0.1, 0.15) is 6.20 Å². The zero-order valence-electron chi connectivity index (χ0n) is 22.4. The first-order valence-electron chi connectivity index (χ1n) is 13.5. The number of nitrogens with one attached hydrogen (secondary N) is 3. The van der Waals surface area contributed by atoms with Gasteiger partial charge in [-0.3, -0.25) is 14.9 Å². The van der Waals surface area contributed by atoms with E-state index in [0.717, 1.165) is 37.7 Å². The van der Waals surface area contributed by atoms with Crippen molar-refractivity contribution in [1.82, 2.24) is 15.3 Å². The molecule has 1 amide bonds. The Morgan fingerprint density at radius 3 is 2.59 bits per heavy atom. The molecule has 10 nitrogen and oxygen atoms in total. The standard InChI is InChI=1S/C29H37N7O3/c1-20-5-2-3-7-24(20)13-14-31-28(37)25-8-4-6-23(15-25)18-33-29-34-19-26(36(38)39)27(35-29)32-17-22-11-9-21(16-30)10-12-22/h2-8,15,19,21-22H,9-14,16-18,30H2,1H3,(H,31,37)(H2,32,33,34,35). The number of aryl methyl sites for hydroxylation is 1. The van der Waals surface area contributed by atoms with Crippen LogP contribution in [0.25, 0.3) is 0 Å². The van der Waals surface area contributed by atoms with Gasteiger partial charge in [0.05, 0.1) is 4.92 Å². The summed E-state index contributed by atoms with van der Waals surface area (Å²) in [6.07, 6.45) is 6.27. The number of nitrogens with zero attached hydrogens (tertiary/aromatic N) is 3. The molecule has 0 aliphatic heterocycles. The summed E-state index contributed by atoms with van der Waals surface area (Å²) < 4.78 is 0. The lowest BCUT2D eigenvalue weighted by molar-refractivity contribution is -0.384. The number of carbonyl (C=O) groups is 1. The Morgan fingerprint density at radius 1 is 1.08 bits per heavy atom. The molecule has 1 aliphatic rings. The summed E-state index contributed by atoms with van der Waals surface area (Å²) in [6, 6.07) is 15.5. The number of anilines is 2. The molecule has 0 spiro atoms. The molecule has 5 N–H and O–H groups in total. The van der Waals surface area contributed by atoms with Crippen molar-refractivity contribution in [1.29, 1.82) is 0 Å². The summed E-state index contributed by atoms with van der Waals surface area (Å²) in [7, 11) is 0. The Morgan fingerprint density at radius 2 is 1.85 bits per heavy atom. The van der Waals surface area contributed by atoms with Crippen molar-refractivity contribution in [3.8, 4) is 0 Å². The maximum absolute atomic E-state index is 12.7. The van der Waals surface area contributed by atoms with E-state index in [1.54, 1.807) is 6.07 Å². The number of rotatable bonds is 12. The van der Waals surface area contributed by atoms with E-state index in [9.17, 15) is 14.9 Å². The molecule has 1 aromatic heterocycles. The molecule has 0 unspecified atom stereocenters. The third-order valence-corrected chi connectivity index (χ3v) is 7.40. The van der Waals surface area contributed by atoms with Gasteiger partial charge in [0.25, 0.3) is 5.91 Å².